The fourth-order valence-electron chi connectivity index (χ4n) is 3.46. The zero-order valence-electron chi connectivity index (χ0n) is 19.7. The van der Waals surface area contributed by atoms with Crippen LogP contribution >= 0.6 is 22.6 Å². The van der Waals surface area contributed by atoms with E-state index in [2.05, 4.69) is 27.9 Å². The maximum atomic E-state index is 12.7. The van der Waals surface area contributed by atoms with E-state index in [-0.39, 0.29) is 12.4 Å². The lowest BCUT2D eigenvalue weighted by atomic mass is 10.1. The van der Waals surface area contributed by atoms with Gasteiger partial charge in [-0.05, 0) is 95.2 Å². The number of anilines is 1. The molecule has 0 atom stereocenters. The van der Waals surface area contributed by atoms with E-state index < -0.39 is 5.91 Å². The molecule has 0 aromatic heterocycles. The van der Waals surface area contributed by atoms with Crippen molar-refractivity contribution in [2.45, 2.75) is 13.5 Å². The zero-order chi connectivity index (χ0) is 25.5. The van der Waals surface area contributed by atoms with Crippen LogP contribution in [0.5, 0.6) is 28.7 Å². The molecule has 0 bridgehead atoms. The Hall–Kier alpha value is -3.91. The highest BCUT2D eigenvalue weighted by Gasteiger charge is 2.16. The molecule has 0 unspecified atom stereocenters. The Balaban J connectivity index is 1.48. The highest BCUT2D eigenvalue weighted by Crippen LogP contribution is 2.37. The first-order valence-corrected chi connectivity index (χ1v) is 12.1. The predicted octanol–water partition coefficient (Wildman–Crippen LogP) is 5.55. The molecule has 4 rings (SSSR count). The quantitative estimate of drug-likeness (QED) is 0.196. The molecule has 3 aromatic rings. The number of carbonyl (C=O) groups is 1. The van der Waals surface area contributed by atoms with Crippen LogP contribution < -0.4 is 29.0 Å². The van der Waals surface area contributed by atoms with Gasteiger partial charge in [0.05, 0.1) is 17.3 Å². The fraction of sp³-hybridized carbons (Fsp3) is 0.185. The van der Waals surface area contributed by atoms with E-state index in [9.17, 15) is 10.1 Å². The highest BCUT2D eigenvalue weighted by atomic mass is 127. The molecule has 9 heteroatoms. The molecule has 1 aliphatic heterocycles. The molecule has 0 fully saturated rings. The maximum Gasteiger partial charge on any atom is 0.266 e. The van der Waals surface area contributed by atoms with Gasteiger partial charge in [0.15, 0.2) is 23.0 Å². The monoisotopic (exact) mass is 598 g/mol. The summed E-state index contributed by atoms with van der Waals surface area (Å²) < 4.78 is 28.5. The van der Waals surface area contributed by atoms with Crippen LogP contribution in [0, 0.1) is 14.9 Å². The van der Waals surface area contributed by atoms with Gasteiger partial charge >= 0.3 is 0 Å². The van der Waals surface area contributed by atoms with Crippen LogP contribution in [-0.2, 0) is 11.4 Å². The van der Waals surface area contributed by atoms with Crippen molar-refractivity contribution in [3.05, 3.63) is 74.9 Å². The number of methoxy groups -OCH3 is 1. The third kappa shape index (κ3) is 6.01. The number of nitrogens with one attached hydrogen (secondary N) is 1. The van der Waals surface area contributed by atoms with Gasteiger partial charge in [-0.25, -0.2) is 0 Å². The Morgan fingerprint density at radius 1 is 1.11 bits per heavy atom. The molecular weight excluding hydrogens is 575 g/mol. The van der Waals surface area contributed by atoms with Gasteiger partial charge in [0.2, 0.25) is 6.79 Å². The summed E-state index contributed by atoms with van der Waals surface area (Å²) in [6.45, 7) is 2.96. The van der Waals surface area contributed by atoms with Crippen LogP contribution in [0.2, 0.25) is 0 Å². The van der Waals surface area contributed by atoms with Crippen LogP contribution in [0.25, 0.3) is 6.08 Å². The number of amides is 1. The summed E-state index contributed by atoms with van der Waals surface area (Å²) in [5, 5.41) is 12.3. The SMILES string of the molecule is CCOc1ccc(NC(=O)/C(C#N)=C\c2cc(I)c(OCc3ccc4c(c3)OCO4)c(OC)c2)cc1. The summed E-state index contributed by atoms with van der Waals surface area (Å²) >= 11 is 2.14. The molecule has 8 nitrogen and oxygen atoms in total. The molecular formula is C27H23IN2O6. The summed E-state index contributed by atoms with van der Waals surface area (Å²) in [6.07, 6.45) is 1.51. The van der Waals surface area contributed by atoms with E-state index in [1.165, 1.54) is 13.2 Å². The minimum absolute atomic E-state index is 0.0456. The molecule has 3 aromatic carbocycles. The molecule has 0 radical (unpaired) electrons. The topological polar surface area (TPSA) is 99.0 Å². The number of carbonyl (C=O) groups excluding carboxylic acids is 1. The number of benzene rings is 3. The van der Waals surface area contributed by atoms with E-state index >= 15 is 0 Å². The zero-order valence-corrected chi connectivity index (χ0v) is 21.8. The number of halogens is 1. The van der Waals surface area contributed by atoms with E-state index in [1.54, 1.807) is 30.3 Å². The molecule has 1 N–H and O–H groups in total. The average molecular weight is 598 g/mol. The first-order chi connectivity index (χ1) is 17.5. The van der Waals surface area contributed by atoms with Crippen molar-refractivity contribution in [3.63, 3.8) is 0 Å². The van der Waals surface area contributed by atoms with Crippen LogP contribution in [0.3, 0.4) is 0 Å². The van der Waals surface area contributed by atoms with E-state index in [0.717, 1.165) is 9.13 Å². The second kappa shape index (κ2) is 11.7. The predicted molar refractivity (Wildman–Crippen MR) is 142 cm³/mol. The summed E-state index contributed by atoms with van der Waals surface area (Å²) in [5.41, 5.74) is 2.06. The molecule has 1 amide bonds. The van der Waals surface area contributed by atoms with Gasteiger partial charge in [-0.15, -0.1) is 0 Å². The first kappa shape index (κ1) is 25.2. The van der Waals surface area contributed by atoms with Crippen molar-refractivity contribution in [1.82, 2.24) is 0 Å². The Kier molecular flexibility index (Phi) is 8.17. The lowest BCUT2D eigenvalue weighted by Gasteiger charge is -2.14. The molecule has 0 aliphatic carbocycles. The second-order valence-corrected chi connectivity index (χ2v) is 8.75. The maximum absolute atomic E-state index is 12.7. The van der Waals surface area contributed by atoms with Crippen molar-refractivity contribution in [2.24, 2.45) is 0 Å². The number of hydrogen-bond donors (Lipinski definition) is 1. The van der Waals surface area contributed by atoms with Crippen LogP contribution in [-0.4, -0.2) is 26.4 Å². The normalized spacial score (nSPS) is 12.0. The molecule has 0 saturated carbocycles. The molecule has 1 heterocycles. The van der Waals surface area contributed by atoms with Crippen LogP contribution in [0.1, 0.15) is 18.1 Å². The number of nitriles is 1. The standard InChI is InChI=1S/C27H23IN2O6/c1-3-33-21-7-5-20(6-8-21)30-27(31)19(14-29)10-18-11-22(28)26(25(13-18)32-2)34-15-17-4-9-23-24(12-17)36-16-35-23/h4-13H,3,15-16H2,1-2H3,(H,30,31)/b19-10-. The number of hydrogen-bond acceptors (Lipinski definition) is 7. The lowest BCUT2D eigenvalue weighted by Crippen LogP contribution is -2.13. The van der Waals surface area contributed by atoms with Gasteiger partial charge in [-0.3, -0.25) is 4.79 Å². The average Bonchev–Trinajstić information content (AvgIpc) is 3.35. The fourth-order valence-corrected chi connectivity index (χ4v) is 4.25. The van der Waals surface area contributed by atoms with Crippen molar-refractivity contribution < 1.29 is 28.5 Å². The molecule has 184 valence electrons. The summed E-state index contributed by atoms with van der Waals surface area (Å²) in [5.74, 6) is 2.63. The highest BCUT2D eigenvalue weighted by molar-refractivity contribution is 14.1. The number of nitrogens with zero attached hydrogens (tertiary/aromatic N) is 1. The second-order valence-electron chi connectivity index (χ2n) is 7.59. The summed E-state index contributed by atoms with van der Waals surface area (Å²) in [6, 6.07) is 18.1. The first-order valence-electron chi connectivity index (χ1n) is 11.1. The molecule has 0 spiro atoms. The van der Waals surface area contributed by atoms with Crippen molar-refractivity contribution >= 4 is 40.3 Å². The van der Waals surface area contributed by atoms with Gasteiger partial charge in [-0.2, -0.15) is 5.26 Å². The van der Waals surface area contributed by atoms with Gasteiger partial charge in [0, 0.05) is 5.69 Å². The van der Waals surface area contributed by atoms with Crippen molar-refractivity contribution in [2.75, 3.05) is 25.8 Å². The third-order valence-electron chi connectivity index (χ3n) is 5.17. The van der Waals surface area contributed by atoms with Crippen molar-refractivity contribution in [3.8, 4) is 34.8 Å². The Morgan fingerprint density at radius 3 is 2.61 bits per heavy atom. The third-order valence-corrected chi connectivity index (χ3v) is 5.97. The van der Waals surface area contributed by atoms with Gasteiger partial charge in [0.1, 0.15) is 24.0 Å². The lowest BCUT2D eigenvalue weighted by molar-refractivity contribution is -0.112. The van der Waals surface area contributed by atoms with Gasteiger partial charge < -0.3 is 29.0 Å². The van der Waals surface area contributed by atoms with Crippen LogP contribution in [0.15, 0.2) is 60.2 Å². The Bertz CT molecular complexity index is 1330. The Labute approximate surface area is 222 Å². The number of fused-ring (bicyclic) bond motifs is 1. The van der Waals surface area contributed by atoms with Crippen molar-refractivity contribution in [1.29, 1.82) is 5.26 Å². The Morgan fingerprint density at radius 2 is 1.89 bits per heavy atom. The van der Waals surface area contributed by atoms with Gasteiger partial charge in [0.25, 0.3) is 5.91 Å². The minimum Gasteiger partial charge on any atom is -0.494 e. The van der Waals surface area contributed by atoms with E-state index in [1.807, 2.05) is 37.3 Å². The van der Waals surface area contributed by atoms with E-state index in [0.29, 0.717) is 53.2 Å². The van der Waals surface area contributed by atoms with Crippen LogP contribution in [0.4, 0.5) is 5.69 Å². The number of ether oxygens (including phenoxy) is 5. The molecule has 0 saturated heterocycles. The summed E-state index contributed by atoms with van der Waals surface area (Å²) in [7, 11) is 1.54. The largest absolute Gasteiger partial charge is 0.494 e. The van der Waals surface area contributed by atoms with Gasteiger partial charge in [-0.1, -0.05) is 6.07 Å². The molecule has 36 heavy (non-hydrogen) atoms. The minimum atomic E-state index is -0.515. The molecule has 1 aliphatic rings. The number of rotatable bonds is 9. The smallest absolute Gasteiger partial charge is 0.266 e. The van der Waals surface area contributed by atoms with E-state index in [4.69, 9.17) is 23.7 Å². The summed E-state index contributed by atoms with van der Waals surface area (Å²) in [4.78, 5) is 12.7.